The summed E-state index contributed by atoms with van der Waals surface area (Å²) in [6, 6.07) is 17.0. The molecular weight excluding hydrogens is 497 g/mol. The molecule has 0 aliphatic heterocycles. The van der Waals surface area contributed by atoms with E-state index in [0.717, 1.165) is 42.5 Å². The molecule has 1 aliphatic rings. The van der Waals surface area contributed by atoms with Gasteiger partial charge in [-0.1, -0.05) is 49.1 Å². The van der Waals surface area contributed by atoms with Crippen LogP contribution in [0.4, 0.5) is 14.9 Å². The number of thiophene rings is 1. The molecule has 0 unspecified atom stereocenters. The number of nitrogens with one attached hydrogen (secondary N) is 1. The molecule has 36 heavy (non-hydrogen) atoms. The van der Waals surface area contributed by atoms with Gasteiger partial charge in [0.05, 0.1) is 6.54 Å². The number of amides is 3. The van der Waals surface area contributed by atoms with Gasteiger partial charge in [0.15, 0.2) is 0 Å². The first-order valence-corrected chi connectivity index (χ1v) is 13.5. The van der Waals surface area contributed by atoms with E-state index in [1.807, 2.05) is 19.1 Å². The fraction of sp³-hybridized carbons (Fsp3) is 0.357. The van der Waals surface area contributed by atoms with Crippen LogP contribution < -0.4 is 5.32 Å². The number of carbonyl (C=O) groups is 2. The minimum atomic E-state index is -0.313. The van der Waals surface area contributed by atoms with Crippen LogP contribution >= 0.6 is 22.9 Å². The van der Waals surface area contributed by atoms with Crippen molar-refractivity contribution in [1.29, 1.82) is 0 Å². The molecule has 0 spiro atoms. The average molecular weight is 528 g/mol. The monoisotopic (exact) mass is 527 g/mol. The zero-order chi connectivity index (χ0) is 25.5. The van der Waals surface area contributed by atoms with E-state index in [1.54, 1.807) is 57.5 Å². The van der Waals surface area contributed by atoms with E-state index in [1.165, 1.54) is 17.0 Å². The van der Waals surface area contributed by atoms with E-state index in [0.29, 0.717) is 23.8 Å². The molecule has 0 saturated heterocycles. The van der Waals surface area contributed by atoms with Crippen LogP contribution in [0.5, 0.6) is 0 Å². The SMILES string of the molecule is Cc1ccc(CN(Cc2ccc(F)cc2)C(=O)CN(C(=O)Nc2cccc(Cl)c2)C2CCCCC2)s1. The fourth-order valence-corrected chi connectivity index (χ4v) is 5.66. The van der Waals surface area contributed by atoms with Crippen LogP contribution in [0.25, 0.3) is 0 Å². The summed E-state index contributed by atoms with van der Waals surface area (Å²) in [7, 11) is 0. The highest BCUT2D eigenvalue weighted by Crippen LogP contribution is 2.25. The zero-order valence-corrected chi connectivity index (χ0v) is 22.0. The molecular formula is C28H31ClFN3O2S. The second-order valence-electron chi connectivity index (χ2n) is 9.25. The minimum Gasteiger partial charge on any atom is -0.332 e. The van der Waals surface area contributed by atoms with Crippen LogP contribution in [-0.2, 0) is 17.9 Å². The van der Waals surface area contributed by atoms with Gasteiger partial charge in [-0.3, -0.25) is 4.79 Å². The Labute approximate surface area is 220 Å². The highest BCUT2D eigenvalue weighted by Gasteiger charge is 2.29. The number of nitrogens with zero attached hydrogens (tertiary/aromatic N) is 2. The lowest BCUT2D eigenvalue weighted by molar-refractivity contribution is -0.133. The number of aryl methyl sites for hydroxylation is 1. The normalized spacial score (nSPS) is 13.9. The molecule has 5 nitrogen and oxygen atoms in total. The van der Waals surface area contributed by atoms with Crippen molar-refractivity contribution in [3.63, 3.8) is 0 Å². The first-order valence-electron chi connectivity index (χ1n) is 12.3. The van der Waals surface area contributed by atoms with Crippen molar-refractivity contribution in [3.8, 4) is 0 Å². The van der Waals surface area contributed by atoms with E-state index in [9.17, 15) is 14.0 Å². The Kier molecular flexibility index (Phi) is 8.99. The Morgan fingerprint density at radius 3 is 2.44 bits per heavy atom. The molecule has 4 rings (SSSR count). The van der Waals surface area contributed by atoms with Gasteiger partial charge in [0.25, 0.3) is 0 Å². The van der Waals surface area contributed by atoms with Gasteiger partial charge >= 0.3 is 6.03 Å². The van der Waals surface area contributed by atoms with E-state index in [4.69, 9.17) is 11.6 Å². The van der Waals surface area contributed by atoms with Crippen molar-refractivity contribution in [2.24, 2.45) is 0 Å². The molecule has 1 fully saturated rings. The number of rotatable bonds is 8. The van der Waals surface area contributed by atoms with E-state index >= 15 is 0 Å². The van der Waals surface area contributed by atoms with Crippen molar-refractivity contribution in [3.05, 3.63) is 86.8 Å². The van der Waals surface area contributed by atoms with Crippen LogP contribution in [0.1, 0.15) is 47.4 Å². The summed E-state index contributed by atoms with van der Waals surface area (Å²) in [6.07, 6.45) is 4.96. The molecule has 3 aromatic rings. The Morgan fingerprint density at radius 2 is 1.78 bits per heavy atom. The van der Waals surface area contributed by atoms with Gasteiger partial charge in [0.2, 0.25) is 5.91 Å². The van der Waals surface area contributed by atoms with Crippen LogP contribution in [0.15, 0.2) is 60.7 Å². The van der Waals surface area contributed by atoms with Gasteiger partial charge in [-0.15, -0.1) is 11.3 Å². The Hall–Kier alpha value is -2.90. The molecule has 2 aromatic carbocycles. The quantitative estimate of drug-likeness (QED) is 0.335. The number of halogens is 2. The van der Waals surface area contributed by atoms with E-state index in [2.05, 4.69) is 5.32 Å². The molecule has 0 radical (unpaired) electrons. The Bertz CT molecular complexity index is 1180. The maximum Gasteiger partial charge on any atom is 0.322 e. The number of hydrogen-bond acceptors (Lipinski definition) is 3. The summed E-state index contributed by atoms with van der Waals surface area (Å²) in [5.74, 6) is -0.455. The summed E-state index contributed by atoms with van der Waals surface area (Å²) < 4.78 is 13.5. The summed E-state index contributed by atoms with van der Waals surface area (Å²) in [5.41, 5.74) is 1.43. The average Bonchev–Trinajstić information content (AvgIpc) is 3.28. The lowest BCUT2D eigenvalue weighted by atomic mass is 9.94. The highest BCUT2D eigenvalue weighted by atomic mass is 35.5. The topological polar surface area (TPSA) is 52.7 Å². The predicted octanol–water partition coefficient (Wildman–Crippen LogP) is 7.24. The second kappa shape index (κ2) is 12.4. The van der Waals surface area contributed by atoms with Crippen molar-refractivity contribution in [1.82, 2.24) is 9.80 Å². The molecule has 3 amide bonds. The second-order valence-corrected chi connectivity index (χ2v) is 11.1. The molecule has 8 heteroatoms. The summed E-state index contributed by atoms with van der Waals surface area (Å²) in [6.45, 7) is 2.78. The van der Waals surface area contributed by atoms with E-state index < -0.39 is 0 Å². The van der Waals surface area contributed by atoms with Crippen molar-refractivity contribution < 1.29 is 14.0 Å². The fourth-order valence-electron chi connectivity index (χ4n) is 4.57. The molecule has 1 aliphatic carbocycles. The van der Waals surface area contributed by atoms with E-state index in [-0.39, 0.29) is 30.3 Å². The Morgan fingerprint density at radius 1 is 1.03 bits per heavy atom. The van der Waals surface area contributed by atoms with Crippen LogP contribution in [0.2, 0.25) is 5.02 Å². The summed E-state index contributed by atoms with van der Waals surface area (Å²) in [4.78, 5) is 32.8. The summed E-state index contributed by atoms with van der Waals surface area (Å²) >= 11 is 7.74. The Balaban J connectivity index is 1.54. The van der Waals surface area contributed by atoms with Crippen LogP contribution in [-0.4, -0.2) is 34.3 Å². The first-order chi connectivity index (χ1) is 17.4. The van der Waals surface area contributed by atoms with Gasteiger partial charge in [-0.25, -0.2) is 9.18 Å². The van der Waals surface area contributed by atoms with Crippen molar-refractivity contribution in [2.75, 3.05) is 11.9 Å². The lowest BCUT2D eigenvalue weighted by Crippen LogP contribution is -2.49. The van der Waals surface area contributed by atoms with Crippen molar-refractivity contribution >= 4 is 40.6 Å². The van der Waals surface area contributed by atoms with Gasteiger partial charge in [-0.2, -0.15) is 0 Å². The van der Waals surface area contributed by atoms with Crippen LogP contribution in [0.3, 0.4) is 0 Å². The third kappa shape index (κ3) is 7.31. The predicted molar refractivity (Wildman–Crippen MR) is 144 cm³/mol. The number of hydrogen-bond donors (Lipinski definition) is 1. The molecule has 190 valence electrons. The van der Waals surface area contributed by atoms with Crippen LogP contribution in [0, 0.1) is 12.7 Å². The lowest BCUT2D eigenvalue weighted by Gasteiger charge is -2.35. The smallest absolute Gasteiger partial charge is 0.322 e. The maximum atomic E-state index is 13.7. The third-order valence-corrected chi connectivity index (χ3v) is 7.66. The number of urea groups is 1. The summed E-state index contributed by atoms with van der Waals surface area (Å²) in [5, 5.41) is 3.46. The first kappa shape index (κ1) is 26.2. The molecule has 1 saturated carbocycles. The molecule has 1 N–H and O–H groups in total. The largest absolute Gasteiger partial charge is 0.332 e. The molecule has 1 aromatic heterocycles. The molecule has 0 atom stereocenters. The highest BCUT2D eigenvalue weighted by molar-refractivity contribution is 7.11. The zero-order valence-electron chi connectivity index (χ0n) is 20.4. The standard InChI is InChI=1S/C28H31ClFN3O2S/c1-20-10-15-26(36-20)18-32(17-21-11-13-23(30)14-12-21)27(34)19-33(25-8-3-2-4-9-25)28(35)31-24-7-5-6-22(29)16-24/h5-7,10-16,25H,2-4,8-9,17-19H2,1H3,(H,31,35). The number of benzene rings is 2. The maximum absolute atomic E-state index is 13.7. The number of carbonyl (C=O) groups excluding carboxylic acids is 2. The van der Waals surface area contributed by atoms with Gasteiger partial charge in [0, 0.05) is 33.1 Å². The van der Waals surface area contributed by atoms with Gasteiger partial charge in [0.1, 0.15) is 12.4 Å². The number of anilines is 1. The van der Waals surface area contributed by atoms with Gasteiger partial charge < -0.3 is 15.1 Å². The molecule has 0 bridgehead atoms. The molecule has 1 heterocycles. The third-order valence-electron chi connectivity index (χ3n) is 6.44. The minimum absolute atomic E-state index is 0.00135. The van der Waals surface area contributed by atoms with Crippen molar-refractivity contribution in [2.45, 2.75) is 58.2 Å². The van der Waals surface area contributed by atoms with Gasteiger partial charge in [-0.05, 0) is 67.8 Å².